The van der Waals surface area contributed by atoms with Crippen LogP contribution >= 0.6 is 7.82 Å². The molecule has 0 aliphatic heterocycles. The van der Waals surface area contributed by atoms with Gasteiger partial charge >= 0.3 is 7.82 Å². The molecule has 1 unspecified atom stereocenters. The lowest BCUT2D eigenvalue weighted by molar-refractivity contribution is 0.190. The average molecular weight is 258 g/mol. The quantitative estimate of drug-likeness (QED) is 0.413. The van der Waals surface area contributed by atoms with Crippen LogP contribution in [0.3, 0.4) is 0 Å². The molecule has 0 aromatic heterocycles. The van der Waals surface area contributed by atoms with Gasteiger partial charge < -0.3 is 4.52 Å². The molecular formula is C12H19O4P. The molecule has 0 aromatic carbocycles. The van der Waals surface area contributed by atoms with Crippen molar-refractivity contribution >= 4 is 7.82 Å². The predicted octanol–water partition coefficient (Wildman–Crippen LogP) is 3.07. The Morgan fingerprint density at radius 1 is 1.29 bits per heavy atom. The lowest BCUT2D eigenvalue weighted by atomic mass is 10.2. The summed E-state index contributed by atoms with van der Waals surface area (Å²) in [6, 6.07) is 0. The van der Waals surface area contributed by atoms with Crippen molar-refractivity contribution in [1.82, 2.24) is 0 Å². The van der Waals surface area contributed by atoms with Crippen molar-refractivity contribution in [3.05, 3.63) is 0 Å². The standard InChI is InChI=1S/C12H19O4P/c1-3-5-7-9-11-15-17(13,14)16-12-10-8-6-4-2/h1H,4-8,10,12H2,2H3,(H,13,14). The molecule has 0 saturated carbocycles. The van der Waals surface area contributed by atoms with Gasteiger partial charge in [-0.1, -0.05) is 32.1 Å². The van der Waals surface area contributed by atoms with Crippen LogP contribution in [0.5, 0.6) is 0 Å². The summed E-state index contributed by atoms with van der Waals surface area (Å²) < 4.78 is 20.4. The number of hydrogen-bond acceptors (Lipinski definition) is 3. The molecule has 0 amide bonds. The Bertz CT molecular complexity index is 335. The maximum Gasteiger partial charge on any atom is 0.535 e. The van der Waals surface area contributed by atoms with Gasteiger partial charge in [0.2, 0.25) is 0 Å². The Balaban J connectivity index is 3.68. The van der Waals surface area contributed by atoms with Crippen molar-refractivity contribution < 1.29 is 18.5 Å². The van der Waals surface area contributed by atoms with Crippen molar-refractivity contribution in [1.29, 1.82) is 0 Å². The van der Waals surface area contributed by atoms with E-state index in [2.05, 4.69) is 29.4 Å². The van der Waals surface area contributed by atoms with Crippen LogP contribution < -0.4 is 0 Å². The molecule has 0 rings (SSSR count). The van der Waals surface area contributed by atoms with Crippen molar-refractivity contribution in [2.45, 2.75) is 45.4 Å². The number of phosphoric acid groups is 1. The molecule has 0 fully saturated rings. The van der Waals surface area contributed by atoms with Crippen LogP contribution in [-0.4, -0.2) is 11.5 Å². The van der Waals surface area contributed by atoms with Crippen molar-refractivity contribution in [3.63, 3.8) is 0 Å². The third-order valence-electron chi connectivity index (χ3n) is 1.88. The third-order valence-corrected chi connectivity index (χ3v) is 2.71. The second-order valence-corrected chi connectivity index (χ2v) is 4.81. The normalized spacial score (nSPS) is 13.0. The molecule has 0 aliphatic carbocycles. The lowest BCUT2D eigenvalue weighted by Gasteiger charge is -2.07. The molecule has 0 aliphatic rings. The van der Waals surface area contributed by atoms with E-state index in [-0.39, 0.29) is 6.61 Å². The van der Waals surface area contributed by atoms with Gasteiger partial charge in [0, 0.05) is 12.8 Å². The van der Waals surface area contributed by atoms with Gasteiger partial charge in [0.15, 0.2) is 0 Å². The molecule has 0 bridgehead atoms. The monoisotopic (exact) mass is 258 g/mol. The zero-order valence-electron chi connectivity index (χ0n) is 10.1. The maximum atomic E-state index is 11.2. The zero-order valence-corrected chi connectivity index (χ0v) is 11.0. The summed E-state index contributed by atoms with van der Waals surface area (Å²) in [5, 5.41) is 0. The summed E-state index contributed by atoms with van der Waals surface area (Å²) in [6.07, 6.45) is 12.0. The second-order valence-electron chi connectivity index (χ2n) is 3.44. The highest BCUT2D eigenvalue weighted by molar-refractivity contribution is 7.47. The zero-order chi connectivity index (χ0) is 13.0. The Morgan fingerprint density at radius 2 is 2.06 bits per heavy atom. The lowest BCUT2D eigenvalue weighted by Crippen LogP contribution is -1.94. The molecule has 4 nitrogen and oxygen atoms in total. The van der Waals surface area contributed by atoms with Crippen LogP contribution in [0.4, 0.5) is 0 Å². The first-order valence-electron chi connectivity index (χ1n) is 5.69. The van der Waals surface area contributed by atoms with Crippen LogP contribution in [0.1, 0.15) is 45.4 Å². The van der Waals surface area contributed by atoms with E-state index < -0.39 is 7.82 Å². The molecule has 0 radical (unpaired) electrons. The molecule has 0 spiro atoms. The van der Waals surface area contributed by atoms with Crippen molar-refractivity contribution in [3.8, 4) is 24.4 Å². The topological polar surface area (TPSA) is 55.8 Å². The summed E-state index contributed by atoms with van der Waals surface area (Å²) in [5.41, 5.74) is 0. The van der Waals surface area contributed by atoms with E-state index in [4.69, 9.17) is 10.9 Å². The summed E-state index contributed by atoms with van der Waals surface area (Å²) in [6.45, 7) is 2.30. The van der Waals surface area contributed by atoms with Crippen molar-refractivity contribution in [2.24, 2.45) is 0 Å². The van der Waals surface area contributed by atoms with E-state index in [1.54, 1.807) is 0 Å². The van der Waals surface area contributed by atoms with E-state index in [0.29, 0.717) is 12.8 Å². The number of terminal acetylenes is 1. The van der Waals surface area contributed by atoms with Gasteiger partial charge in [-0.2, -0.15) is 0 Å². The van der Waals surface area contributed by atoms with E-state index in [1.807, 2.05) is 0 Å². The second kappa shape index (κ2) is 10.2. The first-order valence-corrected chi connectivity index (χ1v) is 7.19. The largest absolute Gasteiger partial charge is 0.535 e. The predicted molar refractivity (Wildman–Crippen MR) is 66.8 cm³/mol. The van der Waals surface area contributed by atoms with Gasteiger partial charge in [-0.25, -0.2) is 4.57 Å². The molecule has 5 heteroatoms. The minimum Gasteiger partial charge on any atom is -0.350 e. The molecular weight excluding hydrogens is 239 g/mol. The van der Waals surface area contributed by atoms with Crippen LogP contribution in [0, 0.1) is 24.4 Å². The fourth-order valence-electron chi connectivity index (χ4n) is 1.01. The van der Waals surface area contributed by atoms with Crippen molar-refractivity contribution in [2.75, 3.05) is 6.61 Å². The fraction of sp³-hybridized carbons (Fsp3) is 0.667. The van der Waals surface area contributed by atoms with E-state index in [0.717, 1.165) is 25.7 Å². The fourth-order valence-corrected chi connectivity index (χ4v) is 1.60. The van der Waals surface area contributed by atoms with E-state index in [9.17, 15) is 9.46 Å². The van der Waals surface area contributed by atoms with Gasteiger partial charge in [0.25, 0.3) is 0 Å². The van der Waals surface area contributed by atoms with E-state index in [1.165, 1.54) is 0 Å². The number of unbranched alkanes of at least 4 members (excludes halogenated alkanes) is 4. The van der Waals surface area contributed by atoms with E-state index >= 15 is 0 Å². The SMILES string of the molecule is C#CCCC#COP(=O)(O)OCCCCCC. The van der Waals surface area contributed by atoms with Crippen LogP contribution in [0.15, 0.2) is 0 Å². The Labute approximate surface area is 103 Å². The van der Waals surface area contributed by atoms with Gasteiger partial charge in [0.1, 0.15) is 6.11 Å². The molecule has 1 atom stereocenters. The molecule has 0 aromatic rings. The summed E-state index contributed by atoms with van der Waals surface area (Å²) in [7, 11) is -4.02. The highest BCUT2D eigenvalue weighted by Crippen LogP contribution is 2.42. The summed E-state index contributed by atoms with van der Waals surface area (Å²) in [5.74, 6) is 4.92. The number of phosphoric ester groups is 1. The third kappa shape index (κ3) is 11.3. The molecule has 0 heterocycles. The van der Waals surface area contributed by atoms with Crippen LogP contribution in [-0.2, 0) is 13.6 Å². The average Bonchev–Trinajstić information content (AvgIpc) is 2.28. The van der Waals surface area contributed by atoms with Gasteiger partial charge in [-0.05, 0) is 6.42 Å². The first kappa shape index (κ1) is 16.1. The smallest absolute Gasteiger partial charge is 0.350 e. The number of hydrogen-bond donors (Lipinski definition) is 1. The minimum absolute atomic E-state index is 0.208. The highest BCUT2D eigenvalue weighted by Gasteiger charge is 2.20. The summed E-state index contributed by atoms with van der Waals surface area (Å²) in [4.78, 5) is 9.20. The summed E-state index contributed by atoms with van der Waals surface area (Å²) >= 11 is 0. The Morgan fingerprint density at radius 3 is 2.71 bits per heavy atom. The van der Waals surface area contributed by atoms with Gasteiger partial charge in [-0.15, -0.1) is 12.3 Å². The highest BCUT2D eigenvalue weighted by atomic mass is 31.2. The Hall–Kier alpha value is -0.930. The molecule has 0 saturated heterocycles. The molecule has 96 valence electrons. The maximum absolute atomic E-state index is 11.2. The van der Waals surface area contributed by atoms with Crippen LogP contribution in [0.2, 0.25) is 0 Å². The Kier molecular flexibility index (Phi) is 9.68. The molecule has 1 N–H and O–H groups in total. The number of rotatable bonds is 8. The van der Waals surface area contributed by atoms with Gasteiger partial charge in [0.05, 0.1) is 6.61 Å². The van der Waals surface area contributed by atoms with Gasteiger partial charge in [-0.3, -0.25) is 9.42 Å². The molecule has 17 heavy (non-hydrogen) atoms. The minimum atomic E-state index is -4.02. The van der Waals surface area contributed by atoms with Crippen LogP contribution in [0.25, 0.3) is 0 Å². The first-order chi connectivity index (χ1) is 8.12.